The molecule has 0 aliphatic carbocycles. The molecule has 0 amide bonds. The summed E-state index contributed by atoms with van der Waals surface area (Å²) >= 11 is 0. The molecule has 0 radical (unpaired) electrons. The van der Waals surface area contributed by atoms with Crippen LogP contribution in [0.25, 0.3) is 0 Å². The van der Waals surface area contributed by atoms with Gasteiger partial charge in [0.1, 0.15) is 0 Å². The van der Waals surface area contributed by atoms with Crippen LogP contribution in [-0.4, -0.2) is 14.7 Å². The van der Waals surface area contributed by atoms with Crippen LogP contribution < -0.4 is 5.73 Å². The molecule has 1 aromatic carbocycles. The summed E-state index contributed by atoms with van der Waals surface area (Å²) in [5.74, 6) is 0.393. The lowest BCUT2D eigenvalue weighted by Crippen LogP contribution is -2.18. The highest BCUT2D eigenvalue weighted by molar-refractivity contribution is 7.90. The second-order valence-electron chi connectivity index (χ2n) is 4.25. The first-order chi connectivity index (χ1) is 7.36. The first-order valence-electron chi connectivity index (χ1n) is 5.42. The second kappa shape index (κ2) is 4.97. The van der Waals surface area contributed by atoms with Crippen molar-refractivity contribution in [2.45, 2.75) is 31.2 Å². The molecule has 3 nitrogen and oxygen atoms in total. The van der Waals surface area contributed by atoms with Crippen molar-refractivity contribution in [1.29, 1.82) is 0 Å². The molecular formula is C12H19NO2S. The van der Waals surface area contributed by atoms with E-state index < -0.39 is 9.84 Å². The van der Waals surface area contributed by atoms with E-state index in [1.807, 2.05) is 0 Å². The Balaban J connectivity index is 2.96. The molecule has 0 aliphatic heterocycles. The van der Waals surface area contributed by atoms with Gasteiger partial charge in [0.05, 0.1) is 4.90 Å². The molecule has 1 rings (SSSR count). The molecule has 2 N–H and O–H groups in total. The average molecular weight is 241 g/mol. The van der Waals surface area contributed by atoms with Crippen LogP contribution in [0.2, 0.25) is 0 Å². The lowest BCUT2D eigenvalue weighted by molar-refractivity contribution is 0.456. The number of benzene rings is 1. The molecule has 90 valence electrons. The lowest BCUT2D eigenvalue weighted by Gasteiger charge is -2.18. The Morgan fingerprint density at radius 3 is 2.12 bits per heavy atom. The molecule has 0 aromatic heterocycles. The normalized spacial score (nSPS) is 15.8. The molecule has 0 spiro atoms. The van der Waals surface area contributed by atoms with Gasteiger partial charge >= 0.3 is 0 Å². The van der Waals surface area contributed by atoms with E-state index in [1.165, 1.54) is 6.26 Å². The van der Waals surface area contributed by atoms with Gasteiger partial charge in [-0.1, -0.05) is 32.4 Å². The van der Waals surface area contributed by atoms with E-state index in [9.17, 15) is 8.42 Å². The highest BCUT2D eigenvalue weighted by Crippen LogP contribution is 2.22. The second-order valence-corrected chi connectivity index (χ2v) is 6.27. The van der Waals surface area contributed by atoms with Crippen LogP contribution in [-0.2, 0) is 9.84 Å². The topological polar surface area (TPSA) is 60.2 Å². The zero-order valence-electron chi connectivity index (χ0n) is 9.97. The summed E-state index contributed by atoms with van der Waals surface area (Å²) < 4.78 is 22.5. The first kappa shape index (κ1) is 13.2. The monoisotopic (exact) mass is 241 g/mol. The molecule has 0 saturated heterocycles. The number of hydrogen-bond donors (Lipinski definition) is 1. The van der Waals surface area contributed by atoms with Crippen LogP contribution in [0, 0.1) is 5.92 Å². The number of nitrogens with two attached hydrogens (primary N) is 1. The molecule has 1 aromatic rings. The van der Waals surface area contributed by atoms with Crippen LogP contribution in [0.4, 0.5) is 0 Å². The largest absolute Gasteiger partial charge is 0.324 e. The number of hydrogen-bond acceptors (Lipinski definition) is 3. The van der Waals surface area contributed by atoms with E-state index in [0.717, 1.165) is 12.0 Å². The Bertz CT molecular complexity index is 437. The van der Waals surface area contributed by atoms with E-state index in [2.05, 4.69) is 13.8 Å². The maximum atomic E-state index is 11.3. The van der Waals surface area contributed by atoms with Gasteiger partial charge in [-0.25, -0.2) is 8.42 Å². The summed E-state index contributed by atoms with van der Waals surface area (Å²) in [5.41, 5.74) is 7.05. The molecule has 0 bridgehead atoms. The third-order valence-electron chi connectivity index (χ3n) is 2.95. The minimum absolute atomic E-state index is 0.0291. The van der Waals surface area contributed by atoms with Gasteiger partial charge in [0, 0.05) is 12.3 Å². The molecule has 0 saturated carbocycles. The van der Waals surface area contributed by atoms with Gasteiger partial charge in [0.25, 0.3) is 0 Å². The van der Waals surface area contributed by atoms with Crippen molar-refractivity contribution in [3.05, 3.63) is 29.8 Å². The molecule has 2 atom stereocenters. The Kier molecular flexibility index (Phi) is 4.10. The lowest BCUT2D eigenvalue weighted by atomic mass is 9.93. The zero-order valence-corrected chi connectivity index (χ0v) is 10.8. The van der Waals surface area contributed by atoms with E-state index in [4.69, 9.17) is 5.73 Å². The maximum absolute atomic E-state index is 11.3. The maximum Gasteiger partial charge on any atom is 0.175 e. The highest BCUT2D eigenvalue weighted by atomic mass is 32.2. The number of sulfone groups is 1. The smallest absolute Gasteiger partial charge is 0.175 e. The van der Waals surface area contributed by atoms with Crippen LogP contribution in [0.5, 0.6) is 0 Å². The Hall–Kier alpha value is -0.870. The summed E-state index contributed by atoms with van der Waals surface area (Å²) in [4.78, 5) is 0.340. The highest BCUT2D eigenvalue weighted by Gasteiger charge is 2.14. The predicted molar refractivity (Wildman–Crippen MR) is 65.9 cm³/mol. The average Bonchev–Trinajstić information content (AvgIpc) is 2.26. The van der Waals surface area contributed by atoms with Crippen LogP contribution in [0.15, 0.2) is 29.2 Å². The summed E-state index contributed by atoms with van der Waals surface area (Å²) in [6.45, 7) is 4.19. The molecule has 0 heterocycles. The van der Waals surface area contributed by atoms with Crippen LogP contribution in [0.1, 0.15) is 31.9 Å². The van der Waals surface area contributed by atoms with Gasteiger partial charge in [0.2, 0.25) is 0 Å². The summed E-state index contributed by atoms with van der Waals surface area (Å²) in [7, 11) is -3.11. The van der Waals surface area contributed by atoms with Gasteiger partial charge in [-0.2, -0.15) is 0 Å². The minimum Gasteiger partial charge on any atom is -0.324 e. The van der Waals surface area contributed by atoms with Gasteiger partial charge in [0.15, 0.2) is 9.84 Å². The van der Waals surface area contributed by atoms with Gasteiger partial charge in [-0.05, 0) is 23.6 Å². The molecule has 16 heavy (non-hydrogen) atoms. The van der Waals surface area contributed by atoms with E-state index in [1.54, 1.807) is 24.3 Å². The van der Waals surface area contributed by atoms with Gasteiger partial charge in [-0.15, -0.1) is 0 Å². The minimum atomic E-state index is -3.11. The molecular weight excluding hydrogens is 222 g/mol. The Labute approximate surface area is 97.6 Å². The van der Waals surface area contributed by atoms with Crippen LogP contribution in [0.3, 0.4) is 0 Å². The molecule has 2 unspecified atom stereocenters. The van der Waals surface area contributed by atoms with Gasteiger partial charge < -0.3 is 5.73 Å². The quantitative estimate of drug-likeness (QED) is 0.878. The van der Waals surface area contributed by atoms with Crippen molar-refractivity contribution in [3.8, 4) is 0 Å². The van der Waals surface area contributed by atoms with Crippen LogP contribution >= 0.6 is 0 Å². The third-order valence-corrected chi connectivity index (χ3v) is 4.08. The van der Waals surface area contributed by atoms with Gasteiger partial charge in [-0.3, -0.25) is 0 Å². The third kappa shape index (κ3) is 3.06. The number of rotatable bonds is 4. The van der Waals surface area contributed by atoms with Crippen molar-refractivity contribution in [2.75, 3.05) is 6.26 Å². The fourth-order valence-corrected chi connectivity index (χ4v) is 2.15. The van der Waals surface area contributed by atoms with Crippen molar-refractivity contribution >= 4 is 9.84 Å². The standard InChI is InChI=1S/C12H19NO2S/c1-4-9(2)12(13)10-5-7-11(8-6-10)16(3,14)15/h5-9,12H,4,13H2,1-3H3. The van der Waals surface area contributed by atoms with Crippen molar-refractivity contribution in [3.63, 3.8) is 0 Å². The Morgan fingerprint density at radius 2 is 1.75 bits per heavy atom. The summed E-state index contributed by atoms with van der Waals surface area (Å²) in [6, 6.07) is 6.80. The van der Waals surface area contributed by atoms with E-state index in [-0.39, 0.29) is 6.04 Å². The zero-order chi connectivity index (χ0) is 12.3. The summed E-state index contributed by atoms with van der Waals surface area (Å²) in [6.07, 6.45) is 2.21. The predicted octanol–water partition coefficient (Wildman–Crippen LogP) is 2.14. The van der Waals surface area contributed by atoms with E-state index in [0.29, 0.717) is 10.8 Å². The SMILES string of the molecule is CCC(C)C(N)c1ccc(S(C)(=O)=O)cc1. The molecule has 0 fully saturated rings. The fourth-order valence-electron chi connectivity index (χ4n) is 1.52. The molecule has 4 heteroatoms. The summed E-state index contributed by atoms with van der Waals surface area (Å²) in [5, 5.41) is 0. The van der Waals surface area contributed by atoms with E-state index >= 15 is 0 Å². The molecule has 0 aliphatic rings. The Morgan fingerprint density at radius 1 is 1.25 bits per heavy atom. The first-order valence-corrected chi connectivity index (χ1v) is 7.31. The van der Waals surface area contributed by atoms with Crippen molar-refractivity contribution in [2.24, 2.45) is 11.7 Å². The van der Waals surface area contributed by atoms with Crippen molar-refractivity contribution < 1.29 is 8.42 Å². The fraction of sp³-hybridized carbons (Fsp3) is 0.500. The van der Waals surface area contributed by atoms with Crippen molar-refractivity contribution in [1.82, 2.24) is 0 Å².